The van der Waals surface area contributed by atoms with Crippen LogP contribution < -0.4 is 19.9 Å². The maximum Gasteiger partial charge on any atom is 0.343 e. The van der Waals surface area contributed by atoms with Gasteiger partial charge in [0, 0.05) is 17.1 Å². The monoisotopic (exact) mass is 415 g/mol. The van der Waals surface area contributed by atoms with Crippen LogP contribution in [0.1, 0.15) is 22.6 Å². The lowest BCUT2D eigenvalue weighted by atomic mass is 10.1. The number of nitrogens with zero attached hydrogens (tertiary/aromatic N) is 2. The normalized spacial score (nSPS) is 10.7. The lowest BCUT2D eigenvalue weighted by Gasteiger charge is -2.12. The second-order valence-electron chi connectivity index (χ2n) is 5.34. The average molecular weight is 415 g/mol. The molecule has 0 unspecified atom stereocenters. The van der Waals surface area contributed by atoms with Crippen LogP contribution in [0.5, 0.6) is 11.5 Å². The molecule has 0 amide bonds. The first-order valence-corrected chi connectivity index (χ1v) is 9.03. The fourth-order valence-electron chi connectivity index (χ4n) is 2.35. The summed E-state index contributed by atoms with van der Waals surface area (Å²) >= 11 is 5.83. The number of hydrogen-bond donors (Lipinski definition) is 3. The minimum atomic E-state index is -0.569. The summed E-state index contributed by atoms with van der Waals surface area (Å²) in [6.07, 6.45) is 3.21. The molecule has 0 aliphatic heterocycles. The van der Waals surface area contributed by atoms with E-state index in [1.165, 1.54) is 7.11 Å². The van der Waals surface area contributed by atoms with Gasteiger partial charge in [0.2, 0.25) is 0 Å². The zero-order chi connectivity index (χ0) is 20.1. The number of ether oxygens (including phenoxy) is 2. The molecule has 9 nitrogen and oxygen atoms in total. The Morgan fingerprint density at radius 2 is 2.14 bits per heavy atom. The fraction of sp³-hybridized carbons (Fsp3) is 0.118. The highest BCUT2D eigenvalue weighted by Gasteiger charge is 2.11. The molecule has 28 heavy (non-hydrogen) atoms. The summed E-state index contributed by atoms with van der Waals surface area (Å²) in [6, 6.07) is 7.10. The molecular weight excluding hydrogens is 402 g/mol. The Hall–Kier alpha value is -3.49. The number of aromatic amines is 3. The average Bonchev–Trinajstić information content (AvgIpc) is 3.09. The van der Waals surface area contributed by atoms with Crippen LogP contribution in [0.15, 0.2) is 27.8 Å². The molecule has 0 aliphatic carbocycles. The maximum atomic E-state index is 11.9. The Bertz CT molecular complexity index is 1250. The van der Waals surface area contributed by atoms with Gasteiger partial charge in [0.25, 0.3) is 5.56 Å². The van der Waals surface area contributed by atoms with E-state index >= 15 is 0 Å². The van der Waals surface area contributed by atoms with Gasteiger partial charge in [0.05, 0.1) is 12.8 Å². The van der Waals surface area contributed by atoms with Crippen LogP contribution in [-0.2, 0) is 6.61 Å². The first-order valence-electron chi connectivity index (χ1n) is 7.80. The molecule has 2 aromatic heterocycles. The highest BCUT2D eigenvalue weighted by Crippen LogP contribution is 2.33. The summed E-state index contributed by atoms with van der Waals surface area (Å²) in [5, 5.41) is 9.20. The van der Waals surface area contributed by atoms with Crippen LogP contribution >= 0.6 is 23.8 Å². The second kappa shape index (κ2) is 8.47. The molecular formula is C17H13N5O4S2. The standard InChI is InChI=1S/C17H13N5O4S2/c1-25-12-4-2-3-9(14(12)26-8-13-20-17(24)28-22-13)5-6-11-10(7-18)15(23)21-16(27)19-11/h2-6H,8H2,1H3,(H,20,22,24)(H2,19,21,23,27). The van der Waals surface area contributed by atoms with Crippen molar-refractivity contribution in [3.05, 3.63) is 65.6 Å². The third-order valence-corrected chi connectivity index (χ3v) is 4.39. The molecule has 0 atom stereocenters. The van der Waals surface area contributed by atoms with Gasteiger partial charge < -0.3 is 14.5 Å². The van der Waals surface area contributed by atoms with E-state index in [2.05, 4.69) is 19.3 Å². The zero-order valence-electron chi connectivity index (χ0n) is 14.4. The number of nitriles is 1. The summed E-state index contributed by atoms with van der Waals surface area (Å²) < 4.78 is 14.0. The van der Waals surface area contributed by atoms with Crippen molar-refractivity contribution in [2.75, 3.05) is 7.11 Å². The van der Waals surface area contributed by atoms with Gasteiger partial charge in [-0.3, -0.25) is 18.9 Å². The van der Waals surface area contributed by atoms with Crippen molar-refractivity contribution in [3.63, 3.8) is 0 Å². The first-order chi connectivity index (χ1) is 13.5. The summed E-state index contributed by atoms with van der Waals surface area (Å²) in [7, 11) is 1.50. The molecule has 0 radical (unpaired) electrons. The lowest BCUT2D eigenvalue weighted by molar-refractivity contribution is 0.277. The van der Waals surface area contributed by atoms with Crippen LogP contribution in [0, 0.1) is 16.1 Å². The van der Waals surface area contributed by atoms with Crippen LogP contribution in [0.3, 0.4) is 0 Å². The molecule has 2 heterocycles. The minimum Gasteiger partial charge on any atom is -0.493 e. The Morgan fingerprint density at radius 1 is 1.32 bits per heavy atom. The van der Waals surface area contributed by atoms with E-state index in [-0.39, 0.29) is 27.5 Å². The summed E-state index contributed by atoms with van der Waals surface area (Å²) in [5.41, 5.74) is 0.241. The van der Waals surface area contributed by atoms with Gasteiger partial charge in [-0.2, -0.15) is 10.2 Å². The van der Waals surface area contributed by atoms with Crippen LogP contribution in [0.25, 0.3) is 12.2 Å². The lowest BCUT2D eigenvalue weighted by Crippen LogP contribution is -2.13. The molecule has 1 aromatic carbocycles. The fourth-order valence-corrected chi connectivity index (χ4v) is 3.02. The highest BCUT2D eigenvalue weighted by atomic mass is 32.1. The van der Waals surface area contributed by atoms with Gasteiger partial charge in [0.15, 0.2) is 22.1 Å². The number of para-hydroxylation sites is 1. The van der Waals surface area contributed by atoms with E-state index in [0.29, 0.717) is 22.9 Å². The van der Waals surface area contributed by atoms with Crippen molar-refractivity contribution in [2.45, 2.75) is 6.61 Å². The largest absolute Gasteiger partial charge is 0.493 e. The third-order valence-electron chi connectivity index (χ3n) is 3.58. The Labute approximate surface area is 167 Å². The number of rotatable bonds is 6. The molecule has 3 rings (SSSR count). The van der Waals surface area contributed by atoms with Gasteiger partial charge in [-0.1, -0.05) is 12.1 Å². The van der Waals surface area contributed by atoms with Crippen molar-refractivity contribution in [1.82, 2.24) is 19.3 Å². The Morgan fingerprint density at radius 3 is 2.82 bits per heavy atom. The van der Waals surface area contributed by atoms with Gasteiger partial charge in [-0.25, -0.2) is 0 Å². The molecule has 11 heteroatoms. The molecule has 0 fully saturated rings. The molecule has 0 saturated heterocycles. The topological polar surface area (TPSA) is 137 Å². The van der Waals surface area contributed by atoms with E-state index in [1.54, 1.807) is 30.4 Å². The van der Waals surface area contributed by atoms with Gasteiger partial charge in [-0.15, -0.1) is 0 Å². The molecule has 0 bridgehead atoms. The van der Waals surface area contributed by atoms with Crippen LogP contribution in [-0.4, -0.2) is 26.4 Å². The second-order valence-corrected chi connectivity index (χ2v) is 6.50. The van der Waals surface area contributed by atoms with E-state index in [4.69, 9.17) is 21.7 Å². The SMILES string of the molecule is COc1cccc(C=Cc2[nH]c(=S)[nH]c(=O)c2C#N)c1OCc1nc(=O)s[nH]1. The smallest absolute Gasteiger partial charge is 0.343 e. The number of benzene rings is 1. The predicted octanol–water partition coefficient (Wildman–Crippen LogP) is 2.21. The number of methoxy groups -OCH3 is 1. The molecule has 0 spiro atoms. The van der Waals surface area contributed by atoms with Crippen molar-refractivity contribution in [2.24, 2.45) is 0 Å². The Balaban J connectivity index is 1.97. The summed E-state index contributed by atoms with van der Waals surface area (Å²) in [4.78, 5) is 31.6. The van der Waals surface area contributed by atoms with Crippen LogP contribution in [0.2, 0.25) is 0 Å². The molecule has 3 aromatic rings. The quantitative estimate of drug-likeness (QED) is 0.525. The molecule has 0 saturated carbocycles. The summed E-state index contributed by atoms with van der Waals surface area (Å²) in [5.74, 6) is 1.28. The highest BCUT2D eigenvalue weighted by molar-refractivity contribution is 7.71. The number of hydrogen-bond acceptors (Lipinski definition) is 8. The van der Waals surface area contributed by atoms with Gasteiger partial charge >= 0.3 is 4.87 Å². The first kappa shape index (κ1) is 19.3. The number of H-pyrrole nitrogens is 3. The summed E-state index contributed by atoms with van der Waals surface area (Å²) in [6.45, 7) is 0.0385. The molecule has 142 valence electrons. The molecule has 3 N–H and O–H groups in total. The number of nitrogens with one attached hydrogen (secondary N) is 3. The van der Waals surface area contributed by atoms with Crippen molar-refractivity contribution >= 4 is 35.9 Å². The van der Waals surface area contributed by atoms with E-state index in [1.807, 2.05) is 6.07 Å². The maximum absolute atomic E-state index is 11.9. The van der Waals surface area contributed by atoms with E-state index in [9.17, 15) is 14.9 Å². The van der Waals surface area contributed by atoms with Gasteiger partial charge in [0.1, 0.15) is 18.2 Å². The van der Waals surface area contributed by atoms with Crippen LogP contribution in [0.4, 0.5) is 0 Å². The third kappa shape index (κ3) is 4.25. The number of aromatic nitrogens is 4. The van der Waals surface area contributed by atoms with E-state index in [0.717, 1.165) is 11.5 Å². The van der Waals surface area contributed by atoms with Gasteiger partial charge in [-0.05, 0) is 30.4 Å². The minimum absolute atomic E-state index is 0.0385. The Kier molecular flexibility index (Phi) is 5.83. The van der Waals surface area contributed by atoms with Crippen molar-refractivity contribution in [1.29, 1.82) is 5.26 Å². The van der Waals surface area contributed by atoms with Crippen molar-refractivity contribution in [3.8, 4) is 17.6 Å². The van der Waals surface area contributed by atoms with Crippen molar-refractivity contribution < 1.29 is 9.47 Å². The molecule has 0 aliphatic rings. The predicted molar refractivity (Wildman–Crippen MR) is 106 cm³/mol. The zero-order valence-corrected chi connectivity index (χ0v) is 16.1. The van der Waals surface area contributed by atoms with E-state index < -0.39 is 5.56 Å².